The highest BCUT2D eigenvalue weighted by Gasteiger charge is 2.22. The Labute approximate surface area is 182 Å². The zero-order chi connectivity index (χ0) is 21.3. The van der Waals surface area contributed by atoms with Gasteiger partial charge in [-0.15, -0.1) is 0 Å². The Hall–Kier alpha value is -2.94. The van der Waals surface area contributed by atoms with Crippen molar-refractivity contribution in [3.8, 4) is 11.3 Å². The monoisotopic (exact) mass is 444 g/mol. The number of rotatable bonds is 5. The minimum Gasteiger partial charge on any atom is -0.383 e. The molecule has 2 amide bonds. The van der Waals surface area contributed by atoms with Gasteiger partial charge in [-0.05, 0) is 30.3 Å². The second-order valence-corrected chi connectivity index (χ2v) is 7.70. The van der Waals surface area contributed by atoms with Crippen molar-refractivity contribution in [1.29, 1.82) is 0 Å². The van der Waals surface area contributed by atoms with E-state index in [2.05, 4.69) is 10.3 Å². The second kappa shape index (κ2) is 8.43. The summed E-state index contributed by atoms with van der Waals surface area (Å²) in [5, 5.41) is 3.83. The van der Waals surface area contributed by atoms with Crippen molar-refractivity contribution in [2.24, 2.45) is 10.7 Å². The van der Waals surface area contributed by atoms with E-state index in [4.69, 9.17) is 33.9 Å². The number of halogens is 2. The van der Waals surface area contributed by atoms with Gasteiger partial charge >= 0.3 is 0 Å². The van der Waals surface area contributed by atoms with E-state index in [-0.39, 0.29) is 18.3 Å². The van der Waals surface area contributed by atoms with Gasteiger partial charge in [-0.3, -0.25) is 14.5 Å². The number of carbonyl (C=O) groups is 2. The summed E-state index contributed by atoms with van der Waals surface area (Å²) >= 11 is 12.5. The lowest BCUT2D eigenvalue weighted by atomic mass is 10.1. The average molecular weight is 445 g/mol. The van der Waals surface area contributed by atoms with E-state index < -0.39 is 0 Å². The van der Waals surface area contributed by atoms with Crippen molar-refractivity contribution in [2.75, 3.05) is 19.6 Å². The van der Waals surface area contributed by atoms with Gasteiger partial charge in [0.1, 0.15) is 11.5 Å². The molecule has 0 atom stereocenters. The van der Waals surface area contributed by atoms with Crippen LogP contribution in [-0.4, -0.2) is 52.1 Å². The molecule has 1 saturated heterocycles. The van der Waals surface area contributed by atoms with Crippen molar-refractivity contribution >= 4 is 47.0 Å². The van der Waals surface area contributed by atoms with Crippen molar-refractivity contribution in [3.63, 3.8) is 0 Å². The van der Waals surface area contributed by atoms with Crippen LogP contribution in [0.3, 0.4) is 0 Å². The van der Waals surface area contributed by atoms with Gasteiger partial charge in [0.2, 0.25) is 12.3 Å². The van der Waals surface area contributed by atoms with Gasteiger partial charge in [-0.25, -0.2) is 4.98 Å². The van der Waals surface area contributed by atoms with Crippen LogP contribution >= 0.6 is 23.2 Å². The van der Waals surface area contributed by atoms with Crippen LogP contribution in [0.4, 0.5) is 0 Å². The number of pyridine rings is 1. The standard InChI is InChI=1S/C20H18Cl2N6O2/c21-13-2-3-14(15(22)7-13)19-16(9-27-6-5-24-18(30)10-27)28-8-12(20(23)25-11-29)1-4-17(28)26-19/h1-4,7-8,11H,5-6,9-10H2,(H,24,30)(H2,23,25,29). The van der Waals surface area contributed by atoms with E-state index in [9.17, 15) is 9.59 Å². The first-order valence-electron chi connectivity index (χ1n) is 9.19. The molecule has 0 bridgehead atoms. The summed E-state index contributed by atoms with van der Waals surface area (Å²) in [4.78, 5) is 33.0. The molecule has 1 aromatic carbocycles. The van der Waals surface area contributed by atoms with E-state index in [1.807, 2.05) is 15.4 Å². The van der Waals surface area contributed by atoms with Crippen LogP contribution in [0.1, 0.15) is 11.3 Å². The van der Waals surface area contributed by atoms with Gasteiger partial charge in [0.15, 0.2) is 0 Å². The summed E-state index contributed by atoms with van der Waals surface area (Å²) in [5.41, 5.74) is 9.41. The van der Waals surface area contributed by atoms with Crippen molar-refractivity contribution in [1.82, 2.24) is 19.6 Å². The minimum absolute atomic E-state index is 0.0239. The molecule has 10 heteroatoms. The van der Waals surface area contributed by atoms with E-state index >= 15 is 0 Å². The molecule has 0 aliphatic carbocycles. The lowest BCUT2D eigenvalue weighted by Gasteiger charge is -2.26. The molecular weight excluding hydrogens is 427 g/mol. The summed E-state index contributed by atoms with van der Waals surface area (Å²) in [6.45, 7) is 2.05. The van der Waals surface area contributed by atoms with Crippen molar-refractivity contribution < 1.29 is 9.59 Å². The number of nitrogens with two attached hydrogens (primary N) is 1. The highest BCUT2D eigenvalue weighted by Crippen LogP contribution is 2.33. The quantitative estimate of drug-likeness (QED) is 0.356. The first-order valence-corrected chi connectivity index (χ1v) is 9.94. The minimum atomic E-state index is -0.0239. The first kappa shape index (κ1) is 20.3. The number of aliphatic imine (C=N–C) groups is 1. The molecule has 1 aliphatic rings. The third-order valence-electron chi connectivity index (χ3n) is 4.88. The molecule has 0 radical (unpaired) electrons. The van der Waals surface area contributed by atoms with Crippen LogP contribution in [-0.2, 0) is 16.1 Å². The summed E-state index contributed by atoms with van der Waals surface area (Å²) in [5.74, 6) is 0.0826. The number of benzene rings is 1. The van der Waals surface area contributed by atoms with E-state index in [0.29, 0.717) is 53.0 Å². The zero-order valence-corrected chi connectivity index (χ0v) is 17.3. The number of carbonyl (C=O) groups excluding carboxylic acids is 2. The molecule has 3 aromatic rings. The van der Waals surface area contributed by atoms with Crippen LogP contribution in [0.25, 0.3) is 16.9 Å². The maximum atomic E-state index is 11.9. The molecule has 2 aromatic heterocycles. The fraction of sp³-hybridized carbons (Fsp3) is 0.200. The second-order valence-electron chi connectivity index (χ2n) is 6.86. The van der Waals surface area contributed by atoms with Gasteiger partial charge in [0.25, 0.3) is 0 Å². The highest BCUT2D eigenvalue weighted by atomic mass is 35.5. The third kappa shape index (κ3) is 4.02. The number of amidine groups is 1. The Bertz CT molecular complexity index is 1170. The van der Waals surface area contributed by atoms with Gasteiger partial charge in [-0.2, -0.15) is 4.99 Å². The number of hydrogen-bond donors (Lipinski definition) is 2. The highest BCUT2D eigenvalue weighted by molar-refractivity contribution is 6.36. The first-order chi connectivity index (χ1) is 14.5. The van der Waals surface area contributed by atoms with E-state index in [1.54, 1.807) is 30.5 Å². The number of nitrogens with one attached hydrogen (secondary N) is 1. The molecule has 1 aliphatic heterocycles. The Morgan fingerprint density at radius 3 is 2.87 bits per heavy atom. The average Bonchev–Trinajstić information content (AvgIpc) is 3.05. The number of aromatic nitrogens is 2. The molecule has 30 heavy (non-hydrogen) atoms. The summed E-state index contributed by atoms with van der Waals surface area (Å²) < 4.78 is 1.88. The van der Waals surface area contributed by atoms with Gasteiger partial charge in [-0.1, -0.05) is 23.2 Å². The van der Waals surface area contributed by atoms with Crippen molar-refractivity contribution in [2.45, 2.75) is 6.54 Å². The SMILES string of the molecule is NC(=NC=O)c1ccc2nc(-c3ccc(Cl)cc3Cl)c(CN3CCNC(=O)C3)n2c1. The molecular formula is C20H18Cl2N6O2. The Morgan fingerprint density at radius 1 is 1.30 bits per heavy atom. The van der Waals surface area contributed by atoms with Gasteiger partial charge in [0, 0.05) is 42.0 Å². The van der Waals surface area contributed by atoms with Crippen LogP contribution in [0.2, 0.25) is 10.0 Å². The molecule has 0 spiro atoms. The molecule has 0 unspecified atom stereocenters. The topological polar surface area (TPSA) is 105 Å². The fourth-order valence-electron chi connectivity index (χ4n) is 3.46. The number of fused-ring (bicyclic) bond motifs is 1. The molecule has 1 fully saturated rings. The molecule has 0 saturated carbocycles. The fourth-order valence-corrected chi connectivity index (χ4v) is 3.96. The maximum absolute atomic E-state index is 11.9. The molecule has 3 N–H and O–H groups in total. The molecule has 8 nitrogen and oxygen atoms in total. The lowest BCUT2D eigenvalue weighted by molar-refractivity contribution is -0.124. The summed E-state index contributed by atoms with van der Waals surface area (Å²) in [6.07, 6.45) is 2.18. The van der Waals surface area contributed by atoms with Crippen LogP contribution in [0.5, 0.6) is 0 Å². The largest absolute Gasteiger partial charge is 0.383 e. The zero-order valence-electron chi connectivity index (χ0n) is 15.8. The maximum Gasteiger partial charge on any atom is 0.234 e. The third-order valence-corrected chi connectivity index (χ3v) is 5.43. The summed E-state index contributed by atoms with van der Waals surface area (Å²) in [6, 6.07) is 8.78. The molecule has 3 heterocycles. The van der Waals surface area contributed by atoms with Crippen molar-refractivity contribution in [3.05, 3.63) is 57.8 Å². The summed E-state index contributed by atoms with van der Waals surface area (Å²) in [7, 11) is 0. The number of imidazole rings is 1. The lowest BCUT2D eigenvalue weighted by Crippen LogP contribution is -2.47. The Balaban J connectivity index is 1.87. The van der Waals surface area contributed by atoms with Crippen LogP contribution in [0.15, 0.2) is 41.5 Å². The predicted octanol–water partition coefficient (Wildman–Crippen LogP) is 2.10. The predicted molar refractivity (Wildman–Crippen MR) is 116 cm³/mol. The number of nitrogens with zero attached hydrogens (tertiary/aromatic N) is 4. The smallest absolute Gasteiger partial charge is 0.234 e. The normalized spacial score (nSPS) is 15.4. The molecule has 4 rings (SSSR count). The van der Waals surface area contributed by atoms with Crippen LogP contribution < -0.4 is 11.1 Å². The van der Waals surface area contributed by atoms with Gasteiger partial charge in [0.05, 0.1) is 23.0 Å². The number of piperazine rings is 1. The number of hydrogen-bond acceptors (Lipinski definition) is 4. The number of amides is 2. The van der Waals surface area contributed by atoms with E-state index in [0.717, 1.165) is 11.3 Å². The van der Waals surface area contributed by atoms with Crippen LogP contribution in [0, 0.1) is 0 Å². The van der Waals surface area contributed by atoms with E-state index in [1.165, 1.54) is 0 Å². The molecule has 154 valence electrons. The van der Waals surface area contributed by atoms with Gasteiger partial charge < -0.3 is 15.5 Å². The Kier molecular flexibility index (Phi) is 5.72. The Morgan fingerprint density at radius 2 is 2.13 bits per heavy atom.